The lowest BCUT2D eigenvalue weighted by atomic mass is 9.82. The minimum Gasteiger partial charge on any atom is -0.485 e. The molecule has 0 radical (unpaired) electrons. The summed E-state index contributed by atoms with van der Waals surface area (Å²) in [6.45, 7) is 4.22. The van der Waals surface area contributed by atoms with Crippen molar-refractivity contribution in [2.45, 2.75) is 43.4 Å². The van der Waals surface area contributed by atoms with E-state index < -0.39 is 0 Å². The molecule has 1 unspecified atom stereocenters. The van der Waals surface area contributed by atoms with Crippen LogP contribution >= 0.6 is 0 Å². The minimum atomic E-state index is -0.279. The molecule has 0 bridgehead atoms. The van der Waals surface area contributed by atoms with Gasteiger partial charge >= 0.3 is 0 Å². The van der Waals surface area contributed by atoms with Crippen LogP contribution in [0.4, 0.5) is 4.39 Å². The van der Waals surface area contributed by atoms with Crippen molar-refractivity contribution < 1.29 is 18.6 Å². The molecule has 0 amide bonds. The Hall–Kier alpha value is -1.17. The maximum absolute atomic E-state index is 13.6. The van der Waals surface area contributed by atoms with Crippen LogP contribution < -0.4 is 4.74 Å². The minimum absolute atomic E-state index is 0.0264. The van der Waals surface area contributed by atoms with Crippen molar-refractivity contribution in [3.63, 3.8) is 0 Å². The summed E-state index contributed by atoms with van der Waals surface area (Å²) in [5, 5.41) is 0. The number of benzene rings is 1. The molecule has 3 saturated heterocycles. The van der Waals surface area contributed by atoms with Gasteiger partial charge in [0.1, 0.15) is 6.10 Å². The number of para-hydroxylation sites is 1. The standard InChI is InChI=1S/C18H24FNO3/c19-16-3-1-2-4-17(16)23-15-12-20(13-15)14-5-8-22-18(11-14)6-9-21-10-7-18/h1-4,14-15H,5-13H2. The van der Waals surface area contributed by atoms with Gasteiger partial charge in [0.05, 0.1) is 5.60 Å². The van der Waals surface area contributed by atoms with Crippen molar-refractivity contribution in [2.75, 3.05) is 32.9 Å². The number of hydrogen-bond donors (Lipinski definition) is 0. The summed E-state index contributed by atoms with van der Waals surface area (Å²) in [7, 11) is 0. The first kappa shape index (κ1) is 15.4. The summed E-state index contributed by atoms with van der Waals surface area (Å²) in [6, 6.07) is 7.19. The Bertz CT molecular complexity index is 535. The van der Waals surface area contributed by atoms with E-state index in [4.69, 9.17) is 14.2 Å². The number of halogens is 1. The third-order valence-corrected chi connectivity index (χ3v) is 5.39. The van der Waals surface area contributed by atoms with E-state index in [1.807, 2.05) is 6.07 Å². The monoisotopic (exact) mass is 321 g/mol. The van der Waals surface area contributed by atoms with Crippen molar-refractivity contribution in [1.82, 2.24) is 4.90 Å². The van der Waals surface area contributed by atoms with Gasteiger partial charge in [-0.15, -0.1) is 0 Å². The Morgan fingerprint density at radius 1 is 1.13 bits per heavy atom. The van der Waals surface area contributed by atoms with E-state index >= 15 is 0 Å². The van der Waals surface area contributed by atoms with Crippen LogP contribution in [0.2, 0.25) is 0 Å². The maximum atomic E-state index is 13.6. The molecule has 0 aromatic heterocycles. The molecule has 1 aromatic carbocycles. The highest BCUT2D eigenvalue weighted by Crippen LogP contribution is 2.37. The van der Waals surface area contributed by atoms with Gasteiger partial charge in [0.15, 0.2) is 11.6 Å². The first-order valence-electron chi connectivity index (χ1n) is 8.61. The fourth-order valence-electron chi connectivity index (χ4n) is 3.97. The van der Waals surface area contributed by atoms with Crippen LogP contribution in [0.15, 0.2) is 24.3 Å². The lowest BCUT2D eigenvalue weighted by molar-refractivity contribution is -0.162. The first-order chi connectivity index (χ1) is 11.2. The molecule has 3 heterocycles. The van der Waals surface area contributed by atoms with E-state index in [1.165, 1.54) is 6.07 Å². The van der Waals surface area contributed by atoms with E-state index in [2.05, 4.69) is 4.90 Å². The average molecular weight is 321 g/mol. The lowest BCUT2D eigenvalue weighted by Crippen LogP contribution is -2.61. The fraction of sp³-hybridized carbons (Fsp3) is 0.667. The van der Waals surface area contributed by atoms with Crippen LogP contribution in [0.3, 0.4) is 0 Å². The second-order valence-electron chi connectivity index (χ2n) is 6.91. The molecule has 1 spiro atoms. The second-order valence-corrected chi connectivity index (χ2v) is 6.91. The molecule has 0 N–H and O–H groups in total. The van der Waals surface area contributed by atoms with Crippen molar-refractivity contribution in [1.29, 1.82) is 0 Å². The van der Waals surface area contributed by atoms with Crippen LogP contribution in [0, 0.1) is 5.82 Å². The fourth-order valence-corrected chi connectivity index (χ4v) is 3.97. The predicted molar refractivity (Wildman–Crippen MR) is 84.1 cm³/mol. The van der Waals surface area contributed by atoms with Crippen LogP contribution in [0.5, 0.6) is 5.75 Å². The maximum Gasteiger partial charge on any atom is 0.165 e. The highest BCUT2D eigenvalue weighted by molar-refractivity contribution is 5.24. The molecule has 0 aliphatic carbocycles. The van der Waals surface area contributed by atoms with E-state index in [0.29, 0.717) is 11.8 Å². The highest BCUT2D eigenvalue weighted by atomic mass is 19.1. The third-order valence-electron chi connectivity index (χ3n) is 5.39. The molecule has 23 heavy (non-hydrogen) atoms. The number of ether oxygens (including phenoxy) is 3. The number of hydrogen-bond acceptors (Lipinski definition) is 4. The van der Waals surface area contributed by atoms with Gasteiger partial charge in [-0.25, -0.2) is 4.39 Å². The smallest absolute Gasteiger partial charge is 0.165 e. The number of nitrogens with zero attached hydrogens (tertiary/aromatic N) is 1. The summed E-state index contributed by atoms with van der Waals surface area (Å²) >= 11 is 0. The molecule has 5 heteroatoms. The van der Waals surface area contributed by atoms with Crippen molar-refractivity contribution in [2.24, 2.45) is 0 Å². The molecule has 3 aliphatic rings. The largest absolute Gasteiger partial charge is 0.485 e. The molecule has 3 fully saturated rings. The molecular formula is C18H24FNO3. The van der Waals surface area contributed by atoms with Crippen LogP contribution in [-0.2, 0) is 9.47 Å². The van der Waals surface area contributed by atoms with Crippen LogP contribution in [-0.4, -0.2) is 55.6 Å². The van der Waals surface area contributed by atoms with E-state index in [1.54, 1.807) is 12.1 Å². The zero-order valence-electron chi connectivity index (χ0n) is 13.4. The van der Waals surface area contributed by atoms with Gasteiger partial charge in [-0.2, -0.15) is 0 Å². The Morgan fingerprint density at radius 3 is 2.70 bits per heavy atom. The summed E-state index contributed by atoms with van der Waals surface area (Å²) < 4.78 is 31.0. The van der Waals surface area contributed by atoms with Gasteiger partial charge in [0, 0.05) is 39.0 Å². The molecule has 1 atom stereocenters. The average Bonchev–Trinajstić information content (AvgIpc) is 2.53. The van der Waals surface area contributed by atoms with E-state index in [-0.39, 0.29) is 17.5 Å². The second kappa shape index (κ2) is 6.38. The van der Waals surface area contributed by atoms with Gasteiger partial charge in [0.25, 0.3) is 0 Å². The Morgan fingerprint density at radius 2 is 1.91 bits per heavy atom. The highest BCUT2D eigenvalue weighted by Gasteiger charge is 2.43. The normalized spacial score (nSPS) is 28.5. The molecular weight excluding hydrogens is 297 g/mol. The Kier molecular flexibility index (Phi) is 4.26. The third kappa shape index (κ3) is 3.23. The zero-order valence-corrected chi connectivity index (χ0v) is 13.4. The first-order valence-corrected chi connectivity index (χ1v) is 8.61. The summed E-state index contributed by atoms with van der Waals surface area (Å²) in [5.41, 5.74) is 0.0264. The van der Waals surface area contributed by atoms with Gasteiger partial charge in [0.2, 0.25) is 0 Å². The van der Waals surface area contributed by atoms with E-state index in [0.717, 1.165) is 58.6 Å². The zero-order chi connectivity index (χ0) is 15.7. The molecule has 3 aliphatic heterocycles. The Balaban J connectivity index is 1.30. The van der Waals surface area contributed by atoms with Crippen LogP contribution in [0.25, 0.3) is 0 Å². The van der Waals surface area contributed by atoms with Gasteiger partial charge < -0.3 is 14.2 Å². The quantitative estimate of drug-likeness (QED) is 0.856. The van der Waals surface area contributed by atoms with Crippen molar-refractivity contribution >= 4 is 0 Å². The van der Waals surface area contributed by atoms with Crippen molar-refractivity contribution in [3.05, 3.63) is 30.1 Å². The van der Waals surface area contributed by atoms with Gasteiger partial charge in [-0.1, -0.05) is 12.1 Å². The Labute approximate surface area is 136 Å². The molecule has 1 aromatic rings. The SMILES string of the molecule is Fc1ccccc1OC1CN(C2CCOC3(CCOCC3)C2)C1. The van der Waals surface area contributed by atoms with Gasteiger partial charge in [-0.3, -0.25) is 4.90 Å². The predicted octanol–water partition coefficient (Wildman–Crippen LogP) is 2.62. The lowest BCUT2D eigenvalue weighted by Gasteiger charge is -2.50. The van der Waals surface area contributed by atoms with Crippen LogP contribution in [0.1, 0.15) is 25.7 Å². The summed E-state index contributed by atoms with van der Waals surface area (Å²) in [4.78, 5) is 2.46. The number of likely N-dealkylation sites (tertiary alicyclic amines) is 1. The molecule has 0 saturated carbocycles. The summed E-state index contributed by atoms with van der Waals surface area (Å²) in [6.07, 6.45) is 4.27. The molecule has 126 valence electrons. The molecule has 4 rings (SSSR count). The van der Waals surface area contributed by atoms with Crippen molar-refractivity contribution in [3.8, 4) is 5.75 Å². The van der Waals surface area contributed by atoms with E-state index in [9.17, 15) is 4.39 Å². The topological polar surface area (TPSA) is 30.9 Å². The molecule has 4 nitrogen and oxygen atoms in total. The summed E-state index contributed by atoms with van der Waals surface area (Å²) in [5.74, 6) is 0.0863. The van der Waals surface area contributed by atoms with Gasteiger partial charge in [-0.05, 0) is 37.8 Å². The number of rotatable bonds is 3.